The highest BCUT2D eigenvalue weighted by atomic mass is 32.2. The highest BCUT2D eigenvalue weighted by molar-refractivity contribution is 8.14. The predicted molar refractivity (Wildman–Crippen MR) is 172 cm³/mol. The van der Waals surface area contributed by atoms with Crippen LogP contribution in [0.15, 0.2) is 78.0 Å². The number of carbonyl (C=O) groups excluding carboxylic acids is 1. The van der Waals surface area contributed by atoms with E-state index in [0.29, 0.717) is 17.4 Å². The van der Waals surface area contributed by atoms with Crippen molar-refractivity contribution in [3.8, 4) is 22.8 Å². The summed E-state index contributed by atoms with van der Waals surface area (Å²) in [5.74, 6) is 1.43. The number of nitrogens with zero attached hydrogens (tertiary/aromatic N) is 5. The van der Waals surface area contributed by atoms with Crippen LogP contribution in [0.4, 0.5) is 23.7 Å². The molecule has 4 aromatic rings. The highest BCUT2D eigenvalue weighted by Crippen LogP contribution is 2.33. The molecule has 1 aromatic heterocycles. The van der Waals surface area contributed by atoms with Gasteiger partial charge in [-0.3, -0.25) is 0 Å². The van der Waals surface area contributed by atoms with E-state index in [-0.39, 0.29) is 17.8 Å². The largest absolute Gasteiger partial charge is 0.573 e. The summed E-state index contributed by atoms with van der Waals surface area (Å²) in [7, 11) is 0. The third-order valence-corrected chi connectivity index (χ3v) is 8.30. The molecule has 5 rings (SSSR count). The van der Waals surface area contributed by atoms with Crippen LogP contribution in [-0.2, 0) is 6.42 Å². The van der Waals surface area contributed by atoms with Gasteiger partial charge in [0.15, 0.2) is 11.0 Å². The summed E-state index contributed by atoms with van der Waals surface area (Å²) in [6.45, 7) is 9.21. The van der Waals surface area contributed by atoms with Gasteiger partial charge in [-0.05, 0) is 79.6 Å². The molecule has 1 N–H and O–H groups in total. The number of thioether (sulfide) groups is 1. The number of alkyl halides is 3. The summed E-state index contributed by atoms with van der Waals surface area (Å²) < 4.78 is 42.7. The molecule has 45 heavy (non-hydrogen) atoms. The number of hydrogen-bond donors (Lipinski definition) is 1. The van der Waals surface area contributed by atoms with Gasteiger partial charge in [0, 0.05) is 29.6 Å². The van der Waals surface area contributed by atoms with Gasteiger partial charge in [0.1, 0.15) is 12.1 Å². The number of urea groups is 1. The molecule has 1 atom stereocenters. The number of anilines is 1. The first-order valence-electron chi connectivity index (χ1n) is 14.7. The van der Waals surface area contributed by atoms with Gasteiger partial charge in [0.2, 0.25) is 0 Å². The molecule has 2 amide bonds. The quantitative estimate of drug-likeness (QED) is 0.201. The summed E-state index contributed by atoms with van der Waals surface area (Å²) in [5, 5.41) is 8.20. The number of amidine groups is 1. The molecule has 1 aliphatic heterocycles. The van der Waals surface area contributed by atoms with Crippen molar-refractivity contribution < 1.29 is 22.7 Å². The molecule has 3 aromatic carbocycles. The smallest absolute Gasteiger partial charge is 0.406 e. The SMILES string of the molecule is Cc1ccc(C(C)C)c(N2CCSC2=NC(=O)NC(C)CCc2ccc(-c3ncn(-c4ccc(OC(F)(F)F)cc4)n3)cc2)c1. The topological polar surface area (TPSA) is 84.6 Å². The van der Waals surface area contributed by atoms with Gasteiger partial charge in [-0.15, -0.1) is 18.3 Å². The fraction of sp³-hybridized carbons (Fsp3) is 0.333. The molecular weight excluding hydrogens is 601 g/mol. The summed E-state index contributed by atoms with van der Waals surface area (Å²) in [6, 6.07) is 19.3. The van der Waals surface area contributed by atoms with Gasteiger partial charge < -0.3 is 15.0 Å². The van der Waals surface area contributed by atoms with Gasteiger partial charge in [0.05, 0.1) is 5.69 Å². The minimum absolute atomic E-state index is 0.0724. The molecular formula is C33H35F3N6O2S. The maximum Gasteiger partial charge on any atom is 0.573 e. The number of ether oxygens (including phenoxy) is 1. The van der Waals surface area contributed by atoms with Crippen LogP contribution in [0, 0.1) is 6.92 Å². The third kappa shape index (κ3) is 8.44. The molecule has 0 aliphatic carbocycles. The Morgan fingerprint density at radius 3 is 2.49 bits per heavy atom. The number of hydrogen-bond acceptors (Lipinski definition) is 5. The molecule has 2 heterocycles. The van der Waals surface area contributed by atoms with E-state index < -0.39 is 6.36 Å². The van der Waals surface area contributed by atoms with E-state index in [1.807, 2.05) is 31.2 Å². The first kappa shape index (κ1) is 32.1. The molecule has 1 unspecified atom stereocenters. The number of benzene rings is 3. The number of halogens is 3. The minimum Gasteiger partial charge on any atom is -0.406 e. The van der Waals surface area contributed by atoms with Crippen molar-refractivity contribution in [1.82, 2.24) is 20.1 Å². The molecule has 236 valence electrons. The van der Waals surface area contributed by atoms with Crippen molar-refractivity contribution in [2.24, 2.45) is 4.99 Å². The highest BCUT2D eigenvalue weighted by Gasteiger charge is 2.31. The molecule has 1 aliphatic rings. The van der Waals surface area contributed by atoms with Gasteiger partial charge in [-0.25, -0.2) is 14.5 Å². The Hall–Kier alpha value is -4.32. The van der Waals surface area contributed by atoms with E-state index in [1.54, 1.807) is 11.8 Å². The first-order valence-corrected chi connectivity index (χ1v) is 15.7. The van der Waals surface area contributed by atoms with Crippen LogP contribution in [0.2, 0.25) is 0 Å². The fourth-order valence-corrected chi connectivity index (χ4v) is 5.97. The summed E-state index contributed by atoms with van der Waals surface area (Å²) in [6.07, 6.45) is -1.74. The molecule has 0 spiro atoms. The van der Waals surface area contributed by atoms with Crippen LogP contribution < -0.4 is 15.0 Å². The monoisotopic (exact) mass is 636 g/mol. The first-order chi connectivity index (χ1) is 21.4. The number of nitrogens with one attached hydrogen (secondary N) is 1. The van der Waals surface area contributed by atoms with E-state index in [9.17, 15) is 18.0 Å². The van der Waals surface area contributed by atoms with Crippen LogP contribution >= 0.6 is 11.8 Å². The van der Waals surface area contributed by atoms with Crippen molar-refractivity contribution in [2.45, 2.75) is 58.9 Å². The van der Waals surface area contributed by atoms with Crippen molar-refractivity contribution >= 4 is 28.6 Å². The summed E-state index contributed by atoms with van der Waals surface area (Å²) >= 11 is 1.60. The Bertz CT molecular complexity index is 1650. The Labute approximate surface area is 264 Å². The van der Waals surface area contributed by atoms with Gasteiger partial charge in [-0.2, -0.15) is 4.99 Å². The van der Waals surface area contributed by atoms with Crippen LogP contribution in [0.5, 0.6) is 5.75 Å². The van der Waals surface area contributed by atoms with Crippen LogP contribution in [0.25, 0.3) is 17.1 Å². The van der Waals surface area contributed by atoms with Gasteiger partial charge in [-0.1, -0.05) is 62.0 Å². The van der Waals surface area contributed by atoms with E-state index in [4.69, 9.17) is 0 Å². The Kier molecular flexibility index (Phi) is 9.81. The lowest BCUT2D eigenvalue weighted by Gasteiger charge is -2.24. The molecule has 0 saturated carbocycles. The van der Waals surface area contributed by atoms with Crippen molar-refractivity contribution in [3.63, 3.8) is 0 Å². The van der Waals surface area contributed by atoms with Crippen LogP contribution in [0.3, 0.4) is 0 Å². The fourth-order valence-electron chi connectivity index (χ4n) is 5.02. The average molecular weight is 637 g/mol. The van der Waals surface area contributed by atoms with Crippen LogP contribution in [-0.4, -0.2) is 50.7 Å². The summed E-state index contributed by atoms with van der Waals surface area (Å²) in [5.41, 5.74) is 6.00. The lowest BCUT2D eigenvalue weighted by molar-refractivity contribution is -0.274. The molecule has 0 radical (unpaired) electrons. The second-order valence-corrected chi connectivity index (χ2v) is 12.3. The molecule has 1 fully saturated rings. The van der Waals surface area contributed by atoms with Crippen molar-refractivity contribution in [3.05, 3.63) is 89.7 Å². The second kappa shape index (κ2) is 13.8. The standard InChI is InChI=1S/C33H35F3N6O2S/c1-21(2)28-16-5-22(3)19-29(28)41-17-18-45-32(41)39-31(43)38-23(4)6-7-24-8-10-25(11-9-24)30-37-20-42(40-30)26-12-14-27(15-13-26)44-33(34,35)36/h5,8-16,19-21,23H,6-7,17-18H2,1-4H3,(H,38,43). The third-order valence-electron chi connectivity index (χ3n) is 7.35. The van der Waals surface area contributed by atoms with E-state index in [1.165, 1.54) is 46.4 Å². The van der Waals surface area contributed by atoms with Gasteiger partial charge >= 0.3 is 12.4 Å². The number of carbonyl (C=O) groups is 1. The Balaban J connectivity index is 1.14. The molecule has 0 bridgehead atoms. The minimum atomic E-state index is -4.74. The van der Waals surface area contributed by atoms with E-state index in [0.717, 1.165) is 47.1 Å². The average Bonchev–Trinajstić information content (AvgIpc) is 3.66. The maximum atomic E-state index is 12.9. The van der Waals surface area contributed by atoms with Crippen LogP contribution in [0.1, 0.15) is 49.8 Å². The number of amides is 2. The number of aliphatic imine (C=N–C) groups is 1. The lowest BCUT2D eigenvalue weighted by Crippen LogP contribution is -2.33. The van der Waals surface area contributed by atoms with Gasteiger partial charge in [0.25, 0.3) is 0 Å². The van der Waals surface area contributed by atoms with E-state index >= 15 is 0 Å². The molecule has 8 nitrogen and oxygen atoms in total. The zero-order valence-electron chi connectivity index (χ0n) is 25.5. The maximum absolute atomic E-state index is 12.9. The molecule has 12 heteroatoms. The zero-order chi connectivity index (χ0) is 32.1. The number of rotatable bonds is 9. The normalized spacial score (nSPS) is 15.1. The lowest BCUT2D eigenvalue weighted by atomic mass is 9.99. The van der Waals surface area contributed by atoms with Crippen molar-refractivity contribution in [2.75, 3.05) is 17.2 Å². The number of aryl methyl sites for hydroxylation is 2. The Morgan fingerprint density at radius 1 is 1.07 bits per heavy atom. The second-order valence-electron chi connectivity index (χ2n) is 11.3. The van der Waals surface area contributed by atoms with E-state index in [2.05, 4.69) is 69.0 Å². The van der Waals surface area contributed by atoms with Crippen molar-refractivity contribution in [1.29, 1.82) is 0 Å². The zero-order valence-corrected chi connectivity index (χ0v) is 26.3. The molecule has 1 saturated heterocycles. The number of aromatic nitrogens is 3. The Morgan fingerprint density at radius 2 is 1.80 bits per heavy atom. The summed E-state index contributed by atoms with van der Waals surface area (Å²) in [4.78, 5) is 23.8. The predicted octanol–water partition coefficient (Wildman–Crippen LogP) is 7.90.